The molecule has 1 unspecified atom stereocenters. The largest absolute Gasteiger partial charge is 0.368 e. The van der Waals surface area contributed by atoms with Crippen LogP contribution in [0.15, 0.2) is 30.5 Å². The molecule has 37 heavy (non-hydrogen) atoms. The Hall–Kier alpha value is -2.40. The molecule has 0 radical (unpaired) electrons. The van der Waals surface area contributed by atoms with Crippen molar-refractivity contribution >= 4 is 23.4 Å². The summed E-state index contributed by atoms with van der Waals surface area (Å²) < 4.78 is 0. The van der Waals surface area contributed by atoms with Crippen molar-refractivity contribution in [3.8, 4) is 6.07 Å². The highest BCUT2D eigenvalue weighted by Crippen LogP contribution is 2.60. The molecular weight excluding hydrogens is 482 g/mol. The van der Waals surface area contributed by atoms with E-state index in [2.05, 4.69) is 32.0 Å². The highest BCUT2D eigenvalue weighted by atomic mass is 35.5. The normalized spacial score (nSPS) is 34.2. The van der Waals surface area contributed by atoms with Gasteiger partial charge in [0.2, 0.25) is 5.95 Å². The Balaban J connectivity index is 1.11. The number of hydrogen-bond acceptors (Lipinski definition) is 7. The second-order valence-electron chi connectivity index (χ2n) is 12.1. The molecule has 5 aliphatic carbocycles. The third kappa shape index (κ3) is 5.30. The summed E-state index contributed by atoms with van der Waals surface area (Å²) in [6, 6.07) is 11.7. The molecule has 5 aliphatic rings. The minimum absolute atomic E-state index is 0.298. The van der Waals surface area contributed by atoms with E-state index in [1.165, 1.54) is 44.9 Å². The lowest BCUT2D eigenvalue weighted by Gasteiger charge is -2.61. The lowest BCUT2D eigenvalue weighted by Crippen LogP contribution is -2.61. The van der Waals surface area contributed by atoms with Gasteiger partial charge in [-0.15, -0.1) is 0 Å². The lowest BCUT2D eigenvalue weighted by molar-refractivity contribution is -0.0729. The van der Waals surface area contributed by atoms with Gasteiger partial charge in [0.15, 0.2) is 0 Å². The molecule has 1 heterocycles. The Bertz CT molecular complexity index is 1140. The number of halogens is 1. The zero-order chi connectivity index (χ0) is 25.4. The lowest BCUT2D eigenvalue weighted by atomic mass is 9.47. The molecule has 196 valence electrons. The summed E-state index contributed by atoms with van der Waals surface area (Å²) in [6.07, 6.45) is 12.9. The van der Waals surface area contributed by atoms with Crippen LogP contribution in [0.5, 0.6) is 0 Å². The minimum Gasteiger partial charge on any atom is -0.368 e. The van der Waals surface area contributed by atoms with Crippen LogP contribution in [0.4, 0.5) is 11.8 Å². The Labute approximate surface area is 225 Å². The van der Waals surface area contributed by atoms with Crippen molar-refractivity contribution < 1.29 is 0 Å². The highest BCUT2D eigenvalue weighted by Gasteiger charge is 2.55. The second kappa shape index (κ2) is 10.4. The van der Waals surface area contributed by atoms with Crippen LogP contribution in [0, 0.1) is 34.5 Å². The highest BCUT2D eigenvalue weighted by molar-refractivity contribution is 6.31. The number of nitriles is 1. The molecule has 2 aromatic rings. The first-order chi connectivity index (χ1) is 18.0. The Morgan fingerprint density at radius 3 is 2.54 bits per heavy atom. The molecule has 4 bridgehead atoms. The van der Waals surface area contributed by atoms with Gasteiger partial charge in [-0.2, -0.15) is 10.2 Å². The van der Waals surface area contributed by atoms with Crippen molar-refractivity contribution in [2.75, 3.05) is 17.2 Å². The van der Waals surface area contributed by atoms with Gasteiger partial charge in [0.1, 0.15) is 17.5 Å². The number of nitrogens with two attached hydrogens (primary N) is 1. The topological polar surface area (TPSA) is 112 Å². The number of hydrogen-bond donors (Lipinski definition) is 4. The van der Waals surface area contributed by atoms with E-state index in [9.17, 15) is 5.26 Å². The van der Waals surface area contributed by atoms with Gasteiger partial charge < -0.3 is 21.7 Å². The molecule has 8 heteroatoms. The Kier molecular flexibility index (Phi) is 7.00. The summed E-state index contributed by atoms with van der Waals surface area (Å²) >= 11 is 6.29. The summed E-state index contributed by atoms with van der Waals surface area (Å²) in [5.41, 5.74) is 7.92. The van der Waals surface area contributed by atoms with Crippen LogP contribution in [-0.2, 0) is 6.54 Å². The van der Waals surface area contributed by atoms with Gasteiger partial charge in [0.25, 0.3) is 0 Å². The van der Waals surface area contributed by atoms with Gasteiger partial charge in [-0.1, -0.05) is 29.8 Å². The van der Waals surface area contributed by atoms with Gasteiger partial charge >= 0.3 is 0 Å². The summed E-state index contributed by atoms with van der Waals surface area (Å²) in [6.45, 7) is 1.40. The van der Waals surface area contributed by atoms with Crippen molar-refractivity contribution in [3.63, 3.8) is 0 Å². The van der Waals surface area contributed by atoms with E-state index in [1.54, 1.807) is 6.20 Å². The van der Waals surface area contributed by atoms with Crippen LogP contribution in [0.25, 0.3) is 0 Å². The van der Waals surface area contributed by atoms with Gasteiger partial charge in [-0.3, -0.25) is 0 Å². The average Bonchev–Trinajstić information content (AvgIpc) is 2.90. The van der Waals surface area contributed by atoms with Gasteiger partial charge in [-0.05, 0) is 92.6 Å². The van der Waals surface area contributed by atoms with Crippen LogP contribution in [0.2, 0.25) is 5.02 Å². The third-order valence-corrected chi connectivity index (χ3v) is 9.90. The first-order valence-electron chi connectivity index (χ1n) is 14.0. The molecule has 0 spiro atoms. The van der Waals surface area contributed by atoms with E-state index in [0.29, 0.717) is 52.4 Å². The van der Waals surface area contributed by atoms with Crippen LogP contribution in [0.3, 0.4) is 0 Å². The summed E-state index contributed by atoms with van der Waals surface area (Å²) in [7, 11) is 0. The van der Waals surface area contributed by atoms with E-state index in [0.717, 1.165) is 42.7 Å². The third-order valence-electron chi connectivity index (χ3n) is 9.53. The monoisotopic (exact) mass is 519 g/mol. The summed E-state index contributed by atoms with van der Waals surface area (Å²) in [4.78, 5) is 9.04. The van der Waals surface area contributed by atoms with E-state index in [-0.39, 0.29) is 0 Å². The molecule has 1 aromatic carbocycles. The van der Waals surface area contributed by atoms with Crippen LogP contribution < -0.4 is 21.7 Å². The van der Waals surface area contributed by atoms with Crippen molar-refractivity contribution in [3.05, 3.63) is 46.6 Å². The van der Waals surface area contributed by atoms with E-state index in [4.69, 9.17) is 17.3 Å². The first-order valence-corrected chi connectivity index (χ1v) is 14.4. The van der Waals surface area contributed by atoms with E-state index in [1.807, 2.05) is 24.3 Å². The Morgan fingerprint density at radius 1 is 1.05 bits per heavy atom. The molecular formula is C29H38ClN7. The molecule has 0 amide bonds. The molecule has 7 nitrogen and oxygen atoms in total. The second-order valence-corrected chi connectivity index (χ2v) is 12.5. The molecule has 1 aromatic heterocycles. The first kappa shape index (κ1) is 24.9. The molecule has 5 saturated carbocycles. The number of benzene rings is 1. The molecule has 0 saturated heterocycles. The van der Waals surface area contributed by atoms with Gasteiger partial charge in [0.05, 0.1) is 6.20 Å². The number of rotatable bonds is 8. The van der Waals surface area contributed by atoms with Crippen LogP contribution in [0.1, 0.15) is 68.9 Å². The number of aromatic nitrogens is 2. The van der Waals surface area contributed by atoms with Crippen molar-refractivity contribution in [2.45, 2.75) is 82.5 Å². The van der Waals surface area contributed by atoms with Gasteiger partial charge in [-0.25, -0.2) is 4.98 Å². The van der Waals surface area contributed by atoms with Crippen LogP contribution >= 0.6 is 11.6 Å². The summed E-state index contributed by atoms with van der Waals surface area (Å²) in [5.74, 6) is 3.49. The number of nitrogens with zero attached hydrogens (tertiary/aromatic N) is 3. The zero-order valence-electron chi connectivity index (χ0n) is 21.4. The standard InChI is InChI=1S/C29H38ClN7/c30-25-4-2-1-3-19(25)15-33-28-34-16-22(14-31)27(37-28)35-17-29-11-18-9-20(12-29)26(21(10-18)13-29)36-24-7-5-23(32)6-8-24/h1-4,16,18,20-21,23-24,26,36H,5-13,15,17,32H2,(H2,33,34,35,37)/t18?,20-,21+,23-,24+,26-,29+. The maximum atomic E-state index is 9.70. The zero-order valence-corrected chi connectivity index (χ0v) is 22.2. The SMILES string of the molecule is N#Cc1cnc(NCc2ccccc2Cl)nc1NC[C@@]12CC3C[C@H](C1)[C@@H](N[C@H]1CC[C@@H](N)CC1)[C@@H](C3)C2. The predicted molar refractivity (Wildman–Crippen MR) is 147 cm³/mol. The minimum atomic E-state index is 0.298. The predicted octanol–water partition coefficient (Wildman–Crippen LogP) is 5.08. The molecule has 0 aliphatic heterocycles. The smallest absolute Gasteiger partial charge is 0.224 e. The quantitative estimate of drug-likeness (QED) is 0.384. The fraction of sp³-hybridized carbons (Fsp3) is 0.621. The van der Waals surface area contributed by atoms with Crippen molar-refractivity contribution in [1.82, 2.24) is 15.3 Å². The maximum Gasteiger partial charge on any atom is 0.224 e. The van der Waals surface area contributed by atoms with Gasteiger partial charge in [0, 0.05) is 36.2 Å². The molecule has 5 atom stereocenters. The molecule has 5 N–H and O–H groups in total. The maximum absolute atomic E-state index is 9.70. The average molecular weight is 520 g/mol. The summed E-state index contributed by atoms with van der Waals surface area (Å²) in [5, 5.41) is 21.4. The van der Waals surface area contributed by atoms with Crippen molar-refractivity contribution in [1.29, 1.82) is 5.26 Å². The van der Waals surface area contributed by atoms with Crippen molar-refractivity contribution in [2.24, 2.45) is 28.9 Å². The number of nitrogens with one attached hydrogen (secondary N) is 3. The van der Waals surface area contributed by atoms with E-state index < -0.39 is 0 Å². The van der Waals surface area contributed by atoms with E-state index >= 15 is 0 Å². The fourth-order valence-electron chi connectivity index (χ4n) is 8.01. The molecule has 7 rings (SSSR count). The fourth-order valence-corrected chi connectivity index (χ4v) is 8.21. The van der Waals surface area contributed by atoms with Crippen LogP contribution in [-0.4, -0.2) is 34.6 Å². The molecule has 5 fully saturated rings. The number of anilines is 2. The Morgan fingerprint density at radius 2 is 1.81 bits per heavy atom.